The zero-order valence-electron chi connectivity index (χ0n) is 15.8. The predicted molar refractivity (Wildman–Crippen MR) is 105 cm³/mol. The van der Waals surface area contributed by atoms with Crippen LogP contribution in [0.4, 0.5) is 8.78 Å². The number of amides is 1. The van der Waals surface area contributed by atoms with Crippen LogP contribution in [0.25, 0.3) is 0 Å². The summed E-state index contributed by atoms with van der Waals surface area (Å²) in [4.78, 5) is 16.0. The Morgan fingerprint density at radius 1 is 1.07 bits per heavy atom. The van der Waals surface area contributed by atoms with Crippen LogP contribution in [-0.4, -0.2) is 32.1 Å². The Morgan fingerprint density at radius 2 is 1.82 bits per heavy atom. The molecule has 1 amide bonds. The number of hydrogen-bond acceptors (Lipinski definition) is 3. The van der Waals surface area contributed by atoms with Crippen molar-refractivity contribution in [3.63, 3.8) is 0 Å². The molecule has 0 fully saturated rings. The van der Waals surface area contributed by atoms with E-state index < -0.39 is 6.61 Å². The topological polar surface area (TPSA) is 74.8 Å². The summed E-state index contributed by atoms with van der Waals surface area (Å²) in [5.74, 6) is 0.493. The van der Waals surface area contributed by atoms with E-state index in [1.54, 1.807) is 37.4 Å². The number of carbonyl (C=O) groups is 1. The van der Waals surface area contributed by atoms with Gasteiger partial charge in [-0.25, -0.2) is 0 Å². The van der Waals surface area contributed by atoms with Crippen molar-refractivity contribution in [2.75, 3.05) is 13.6 Å². The van der Waals surface area contributed by atoms with Crippen molar-refractivity contribution < 1.29 is 18.3 Å². The van der Waals surface area contributed by atoms with Crippen LogP contribution < -0.4 is 20.7 Å². The molecule has 6 nitrogen and oxygen atoms in total. The molecule has 2 aromatic carbocycles. The van der Waals surface area contributed by atoms with Gasteiger partial charge in [-0.2, -0.15) is 8.78 Å². The van der Waals surface area contributed by atoms with Crippen LogP contribution in [0.2, 0.25) is 0 Å². The van der Waals surface area contributed by atoms with Gasteiger partial charge in [0.1, 0.15) is 5.75 Å². The van der Waals surface area contributed by atoms with E-state index in [0.29, 0.717) is 30.2 Å². The molecule has 0 radical (unpaired) electrons. The van der Waals surface area contributed by atoms with Gasteiger partial charge in [0.2, 0.25) is 0 Å². The summed E-state index contributed by atoms with van der Waals surface area (Å²) >= 11 is 0. The number of para-hydroxylation sites is 1. The maximum Gasteiger partial charge on any atom is 0.387 e. The van der Waals surface area contributed by atoms with E-state index in [-0.39, 0.29) is 18.2 Å². The van der Waals surface area contributed by atoms with E-state index in [1.807, 2.05) is 19.1 Å². The minimum absolute atomic E-state index is 0.120. The summed E-state index contributed by atoms with van der Waals surface area (Å²) in [7, 11) is 1.61. The summed E-state index contributed by atoms with van der Waals surface area (Å²) < 4.78 is 29.5. The largest absolute Gasteiger partial charge is 0.434 e. The molecule has 0 spiro atoms. The maximum absolute atomic E-state index is 12.5. The number of hydrogen-bond donors (Lipinski definition) is 3. The van der Waals surface area contributed by atoms with Gasteiger partial charge in [-0.1, -0.05) is 30.3 Å². The standard InChI is InChI=1S/C20H24F2N4O2/c1-3-24-18(27)15-9-6-7-14(11-15)12-25-20(23-2)26-13-16-8-4-5-10-17(16)28-19(21)22/h4-11,19H,3,12-13H2,1-2H3,(H,24,27)(H2,23,25,26). The Hall–Kier alpha value is -3.16. The second-order valence-electron chi connectivity index (χ2n) is 5.83. The van der Waals surface area contributed by atoms with E-state index in [4.69, 9.17) is 0 Å². The molecule has 2 aromatic rings. The van der Waals surface area contributed by atoms with Crippen molar-refractivity contribution in [1.29, 1.82) is 0 Å². The first-order chi connectivity index (χ1) is 13.5. The summed E-state index contributed by atoms with van der Waals surface area (Å²) in [5.41, 5.74) is 2.08. The SMILES string of the molecule is CCNC(=O)c1cccc(CNC(=NC)NCc2ccccc2OC(F)F)c1. The number of ether oxygens (including phenoxy) is 1. The van der Waals surface area contributed by atoms with Gasteiger partial charge in [0.05, 0.1) is 0 Å². The number of carbonyl (C=O) groups excluding carboxylic acids is 1. The van der Waals surface area contributed by atoms with Gasteiger partial charge >= 0.3 is 6.61 Å². The minimum atomic E-state index is -2.88. The molecule has 0 saturated carbocycles. The zero-order valence-corrected chi connectivity index (χ0v) is 15.8. The summed E-state index contributed by atoms with van der Waals surface area (Å²) in [6.45, 7) is 0.262. The van der Waals surface area contributed by atoms with E-state index in [2.05, 4.69) is 25.7 Å². The highest BCUT2D eigenvalue weighted by Crippen LogP contribution is 2.19. The Kier molecular flexibility index (Phi) is 8.20. The lowest BCUT2D eigenvalue weighted by Crippen LogP contribution is -2.36. The average molecular weight is 390 g/mol. The molecule has 0 aromatic heterocycles. The molecule has 0 atom stereocenters. The quantitative estimate of drug-likeness (QED) is 0.479. The maximum atomic E-state index is 12.5. The Bertz CT molecular complexity index is 812. The van der Waals surface area contributed by atoms with Crippen LogP contribution in [0, 0.1) is 0 Å². The molecule has 0 saturated heterocycles. The highest BCUT2D eigenvalue weighted by molar-refractivity contribution is 5.94. The first-order valence-electron chi connectivity index (χ1n) is 8.87. The lowest BCUT2D eigenvalue weighted by molar-refractivity contribution is -0.0504. The predicted octanol–water partition coefficient (Wildman–Crippen LogP) is 2.90. The van der Waals surface area contributed by atoms with Gasteiger partial charge in [-0.05, 0) is 30.7 Å². The van der Waals surface area contributed by atoms with Gasteiger partial charge in [0, 0.05) is 37.8 Å². The highest BCUT2D eigenvalue weighted by atomic mass is 19.3. The molecule has 3 N–H and O–H groups in total. The van der Waals surface area contributed by atoms with Crippen LogP contribution in [0.3, 0.4) is 0 Å². The second-order valence-corrected chi connectivity index (χ2v) is 5.83. The summed E-state index contributed by atoms with van der Waals surface area (Å²) in [6.07, 6.45) is 0. The minimum Gasteiger partial charge on any atom is -0.434 e. The smallest absolute Gasteiger partial charge is 0.387 e. The normalized spacial score (nSPS) is 11.2. The Balaban J connectivity index is 1.94. The van der Waals surface area contributed by atoms with E-state index in [1.165, 1.54) is 6.07 Å². The fourth-order valence-corrected chi connectivity index (χ4v) is 2.53. The average Bonchev–Trinajstić information content (AvgIpc) is 2.69. The van der Waals surface area contributed by atoms with Crippen molar-refractivity contribution in [1.82, 2.24) is 16.0 Å². The lowest BCUT2D eigenvalue weighted by Gasteiger charge is -2.15. The molecule has 0 aliphatic rings. The molecule has 28 heavy (non-hydrogen) atoms. The van der Waals surface area contributed by atoms with Crippen LogP contribution >= 0.6 is 0 Å². The first-order valence-corrected chi connectivity index (χ1v) is 8.87. The van der Waals surface area contributed by atoms with Crippen molar-refractivity contribution >= 4 is 11.9 Å². The van der Waals surface area contributed by atoms with Crippen LogP contribution in [0.5, 0.6) is 5.75 Å². The molecule has 0 aliphatic carbocycles. The fraction of sp³-hybridized carbons (Fsp3) is 0.300. The third-order valence-electron chi connectivity index (χ3n) is 3.85. The van der Waals surface area contributed by atoms with Crippen LogP contribution in [0.15, 0.2) is 53.5 Å². The Morgan fingerprint density at radius 3 is 2.54 bits per heavy atom. The molecular formula is C20H24F2N4O2. The van der Waals surface area contributed by atoms with Gasteiger partial charge in [-0.15, -0.1) is 0 Å². The van der Waals surface area contributed by atoms with Crippen molar-refractivity contribution in [3.8, 4) is 5.75 Å². The zero-order chi connectivity index (χ0) is 20.4. The monoisotopic (exact) mass is 390 g/mol. The van der Waals surface area contributed by atoms with Crippen molar-refractivity contribution in [2.45, 2.75) is 26.6 Å². The number of alkyl halides is 2. The van der Waals surface area contributed by atoms with Crippen LogP contribution in [-0.2, 0) is 13.1 Å². The number of nitrogens with one attached hydrogen (secondary N) is 3. The Labute approximate surface area is 163 Å². The van der Waals surface area contributed by atoms with Gasteiger partial charge in [-0.3, -0.25) is 9.79 Å². The van der Waals surface area contributed by atoms with E-state index in [0.717, 1.165) is 5.56 Å². The molecule has 150 valence electrons. The third-order valence-corrected chi connectivity index (χ3v) is 3.85. The van der Waals surface area contributed by atoms with Crippen molar-refractivity contribution in [3.05, 3.63) is 65.2 Å². The van der Waals surface area contributed by atoms with Gasteiger partial charge in [0.15, 0.2) is 5.96 Å². The molecule has 0 heterocycles. The van der Waals surface area contributed by atoms with Gasteiger partial charge in [0.25, 0.3) is 5.91 Å². The summed E-state index contributed by atoms with van der Waals surface area (Å²) in [5, 5.41) is 8.96. The number of aliphatic imine (C=N–C) groups is 1. The summed E-state index contributed by atoms with van der Waals surface area (Å²) in [6, 6.07) is 13.8. The third kappa shape index (κ3) is 6.53. The number of benzene rings is 2. The molecule has 0 aliphatic heterocycles. The molecule has 0 unspecified atom stereocenters. The number of guanidine groups is 1. The van der Waals surface area contributed by atoms with E-state index >= 15 is 0 Å². The lowest BCUT2D eigenvalue weighted by atomic mass is 10.1. The molecular weight excluding hydrogens is 366 g/mol. The second kappa shape index (κ2) is 10.9. The van der Waals surface area contributed by atoms with Crippen LogP contribution in [0.1, 0.15) is 28.4 Å². The first kappa shape index (κ1) is 21.1. The highest BCUT2D eigenvalue weighted by Gasteiger charge is 2.10. The number of rotatable bonds is 8. The molecule has 2 rings (SSSR count). The van der Waals surface area contributed by atoms with E-state index in [9.17, 15) is 13.6 Å². The number of nitrogens with zero attached hydrogens (tertiary/aromatic N) is 1. The molecule has 8 heteroatoms. The van der Waals surface area contributed by atoms with Gasteiger partial charge < -0.3 is 20.7 Å². The van der Waals surface area contributed by atoms with Crippen molar-refractivity contribution in [2.24, 2.45) is 4.99 Å². The fourth-order valence-electron chi connectivity index (χ4n) is 2.53. The number of halogens is 2. The molecule has 0 bridgehead atoms.